The van der Waals surface area contributed by atoms with Crippen molar-refractivity contribution in [3.8, 4) is 40.2 Å². The highest BCUT2D eigenvalue weighted by atomic mass is 35.5. The first-order valence-electron chi connectivity index (χ1n) is 26.3. The summed E-state index contributed by atoms with van der Waals surface area (Å²) in [6.07, 6.45) is 5.01. The highest BCUT2D eigenvalue weighted by Crippen LogP contribution is 2.43. The van der Waals surface area contributed by atoms with Crippen LogP contribution in [0.25, 0.3) is 39.5 Å². The smallest absolute Gasteiger partial charge is 0.474 e. The second-order valence-electron chi connectivity index (χ2n) is 21.5. The van der Waals surface area contributed by atoms with Gasteiger partial charge in [-0.2, -0.15) is 26.3 Å². The molecule has 504 valence electrons. The standard InChI is InChI=1S/C16H13F4N5O2.C15H20BF2NO3.C15H10ClF4N5O.C6H2Cl2F2N4.4CH4/c1-26-16(19,20)14-24-23-12-7-21-11(8-25(12)14)9-2-3-13(22-6-9)27-10-4-15(17,18)5-10;1-13(2)14(3,4)22-16(21-13)10-5-6-12(19-9-10)20-11-7-15(17,18)8-11;16-15(19,20)13-24-23-11-6-21-10(7-25(11)13)8-1-2-12(22-5-8)26-9-3-14(17,18)4-9;7-3-2-14-4(1-11-3)12-13-5(14)6(8,9)10;;;;/h2-3,6-8,10H,4-5H2,1H3;5-6,9,11H,7-8H2,1-4H3;1-2,5-7,9H,3-4H2;1-2H;4*1H4. The lowest BCUT2D eigenvalue weighted by Gasteiger charge is -2.34. The molecule has 21 nitrogen and oxygen atoms in total. The van der Waals surface area contributed by atoms with E-state index in [1.165, 1.54) is 61.7 Å². The molecule has 9 aromatic rings. The molecule has 3 aliphatic carbocycles. The van der Waals surface area contributed by atoms with E-state index in [1.54, 1.807) is 30.5 Å². The molecule has 4 fully saturated rings. The van der Waals surface area contributed by atoms with Gasteiger partial charge in [0.15, 0.2) is 16.9 Å². The van der Waals surface area contributed by atoms with Crippen molar-refractivity contribution in [3.63, 3.8) is 0 Å². The first-order valence-corrected chi connectivity index (χ1v) is 27.4. The number of alkyl halides is 14. The summed E-state index contributed by atoms with van der Waals surface area (Å²) in [5.41, 5.74) is 2.05. The largest absolute Gasteiger partial charge is 0.496 e. The van der Waals surface area contributed by atoms with Crippen LogP contribution in [0.2, 0.25) is 5.15 Å². The zero-order valence-electron chi connectivity index (χ0n) is 46.5. The molecular formula is C56H61BCl3F12N15O6. The van der Waals surface area contributed by atoms with Gasteiger partial charge in [-0.25, -0.2) is 46.3 Å². The number of methoxy groups -OCH3 is 1. The zero-order chi connectivity index (χ0) is 64.3. The van der Waals surface area contributed by atoms with Crippen LogP contribution in [0.3, 0.4) is 0 Å². The van der Waals surface area contributed by atoms with Gasteiger partial charge in [-0.3, -0.25) is 23.2 Å². The number of aromatic nitrogens is 15. The molecule has 1 aliphatic heterocycles. The minimum absolute atomic E-state index is 0. The lowest BCUT2D eigenvalue weighted by Crippen LogP contribution is -2.43. The van der Waals surface area contributed by atoms with Crippen molar-refractivity contribution in [2.45, 2.75) is 160 Å². The molecule has 0 aromatic carbocycles. The number of pyridine rings is 3. The van der Waals surface area contributed by atoms with Crippen LogP contribution in [-0.4, -0.2) is 135 Å². The fourth-order valence-corrected chi connectivity index (χ4v) is 9.12. The molecule has 0 amide bonds. The van der Waals surface area contributed by atoms with Gasteiger partial charge in [-0.15, -0.1) is 30.6 Å². The fraction of sp³-hybridized carbons (Fsp3) is 0.464. The quantitative estimate of drug-likeness (QED) is 0.0594. The van der Waals surface area contributed by atoms with Crippen LogP contribution >= 0.6 is 34.8 Å². The van der Waals surface area contributed by atoms with Crippen LogP contribution in [0.1, 0.15) is 113 Å². The Kier molecular flexibility index (Phi) is 22.3. The molecule has 13 rings (SSSR count). The molecule has 37 heteroatoms. The lowest BCUT2D eigenvalue weighted by atomic mass is 9.80. The van der Waals surface area contributed by atoms with Gasteiger partial charge in [-0.05, 0) is 69.1 Å². The van der Waals surface area contributed by atoms with Crippen LogP contribution in [0, 0.1) is 0 Å². The minimum Gasteiger partial charge on any atom is -0.474 e. The van der Waals surface area contributed by atoms with Crippen molar-refractivity contribution in [2.24, 2.45) is 0 Å². The molecule has 10 heterocycles. The van der Waals surface area contributed by atoms with Gasteiger partial charge in [0.1, 0.15) is 23.5 Å². The fourth-order valence-electron chi connectivity index (χ4n) is 8.72. The summed E-state index contributed by atoms with van der Waals surface area (Å²) < 4.78 is 192. The summed E-state index contributed by atoms with van der Waals surface area (Å²) in [5.74, 6) is -9.27. The van der Waals surface area contributed by atoms with E-state index < -0.39 is 88.7 Å². The van der Waals surface area contributed by atoms with E-state index >= 15 is 0 Å². The maximum absolute atomic E-state index is 13.8. The van der Waals surface area contributed by atoms with E-state index in [0.717, 1.165) is 25.8 Å². The highest BCUT2D eigenvalue weighted by molar-refractivity contribution is 6.62. The molecule has 0 radical (unpaired) electrons. The van der Waals surface area contributed by atoms with Crippen LogP contribution < -0.4 is 19.7 Å². The molecule has 0 bridgehead atoms. The Morgan fingerprint density at radius 3 is 1.15 bits per heavy atom. The topological polar surface area (TPSA) is 223 Å². The molecule has 0 N–H and O–H groups in total. The summed E-state index contributed by atoms with van der Waals surface area (Å²) in [6, 6.07) is 9.66. The third kappa shape index (κ3) is 17.3. The van der Waals surface area contributed by atoms with E-state index in [2.05, 4.69) is 65.2 Å². The summed E-state index contributed by atoms with van der Waals surface area (Å²) in [6.45, 7) is 7.92. The SMILES string of the molecule is C.C.C.C.CC1(C)OB(c2ccc(OC3CC(F)(F)C3)nc2)OC1(C)C.COC(F)(F)c1nnc2cnc(-c3ccc(OC4CC(F)(F)C4)nc3)cn12.FC(F)(Cl)c1nnc2cnc(Cl)cn12.FC1(F)CC(Oc2ccc(-c3cn4c(C(F)(F)Cl)nnc4cn3)cn2)C1. The summed E-state index contributed by atoms with van der Waals surface area (Å²) >= 11 is 15.4. The molecule has 0 atom stereocenters. The monoisotopic (exact) mass is 1380 g/mol. The van der Waals surface area contributed by atoms with Crippen LogP contribution in [-0.2, 0) is 30.9 Å². The van der Waals surface area contributed by atoms with Gasteiger partial charge in [-0.1, -0.05) is 47.4 Å². The summed E-state index contributed by atoms with van der Waals surface area (Å²) in [7, 11) is 0.378. The average Bonchev–Trinajstić information content (AvgIpc) is 1.69. The van der Waals surface area contributed by atoms with Crippen LogP contribution in [0.5, 0.6) is 17.6 Å². The molecule has 0 spiro atoms. The van der Waals surface area contributed by atoms with Gasteiger partial charge in [0.2, 0.25) is 35.1 Å². The second-order valence-corrected chi connectivity index (χ2v) is 22.9. The van der Waals surface area contributed by atoms with Crippen molar-refractivity contribution in [1.82, 2.24) is 73.7 Å². The first-order chi connectivity index (χ1) is 41.5. The van der Waals surface area contributed by atoms with E-state index in [4.69, 9.17) is 58.3 Å². The predicted octanol–water partition coefficient (Wildman–Crippen LogP) is 13.9. The molecule has 1 saturated heterocycles. The maximum Gasteiger partial charge on any atom is 0.496 e. The van der Waals surface area contributed by atoms with E-state index in [1.807, 2.05) is 27.7 Å². The van der Waals surface area contributed by atoms with Gasteiger partial charge in [0, 0.05) is 112 Å². The molecule has 3 saturated carbocycles. The molecule has 9 aromatic heterocycles. The maximum atomic E-state index is 13.8. The minimum atomic E-state index is -3.68. The van der Waals surface area contributed by atoms with Crippen molar-refractivity contribution >= 4 is 64.3 Å². The van der Waals surface area contributed by atoms with Crippen molar-refractivity contribution in [2.75, 3.05) is 7.11 Å². The number of nitrogens with zero attached hydrogens (tertiary/aromatic N) is 15. The van der Waals surface area contributed by atoms with E-state index in [9.17, 15) is 52.7 Å². The lowest BCUT2D eigenvalue weighted by molar-refractivity contribution is -0.237. The predicted molar refractivity (Wildman–Crippen MR) is 317 cm³/mol. The third-order valence-corrected chi connectivity index (χ3v) is 14.8. The first kappa shape index (κ1) is 74.5. The van der Waals surface area contributed by atoms with Crippen molar-refractivity contribution in [3.05, 3.63) is 115 Å². The Bertz CT molecular complexity index is 3940. The van der Waals surface area contributed by atoms with Gasteiger partial charge < -0.3 is 28.3 Å². The Morgan fingerprint density at radius 1 is 0.473 bits per heavy atom. The highest BCUT2D eigenvalue weighted by Gasteiger charge is 2.53. The normalized spacial score (nSPS) is 17.7. The van der Waals surface area contributed by atoms with Gasteiger partial charge in [0.05, 0.1) is 41.2 Å². The van der Waals surface area contributed by atoms with Gasteiger partial charge in [0.25, 0.3) is 17.8 Å². The molecule has 93 heavy (non-hydrogen) atoms. The van der Waals surface area contributed by atoms with Crippen molar-refractivity contribution < 1.29 is 80.9 Å². The van der Waals surface area contributed by atoms with Gasteiger partial charge >= 0.3 is 24.0 Å². The number of halogens is 15. The molecule has 4 aliphatic rings. The van der Waals surface area contributed by atoms with Crippen LogP contribution in [0.4, 0.5) is 52.7 Å². The number of ether oxygens (including phenoxy) is 4. The van der Waals surface area contributed by atoms with E-state index in [-0.39, 0.29) is 102 Å². The Balaban J connectivity index is 0.000000198. The zero-order valence-corrected chi connectivity index (χ0v) is 48.8. The second kappa shape index (κ2) is 27.8. The summed E-state index contributed by atoms with van der Waals surface area (Å²) in [4.78, 5) is 24.2. The average molecular weight is 1390 g/mol. The molecular weight excluding hydrogens is 1320 g/mol. The summed E-state index contributed by atoms with van der Waals surface area (Å²) in [5, 5.41) is 13.5. The Labute approximate surface area is 539 Å². The number of hydrogen-bond donors (Lipinski definition) is 0. The Hall–Kier alpha value is -7.53. The van der Waals surface area contributed by atoms with Crippen molar-refractivity contribution in [1.29, 1.82) is 0 Å². The number of fused-ring (bicyclic) bond motifs is 3. The number of hydrogen-bond acceptors (Lipinski definition) is 18. The third-order valence-electron chi connectivity index (χ3n) is 14.2. The van der Waals surface area contributed by atoms with E-state index in [0.29, 0.717) is 28.4 Å². The molecule has 0 unspecified atom stereocenters. The van der Waals surface area contributed by atoms with Crippen LogP contribution in [0.15, 0.2) is 92.2 Å². The number of rotatable bonds is 13. The Morgan fingerprint density at radius 2 is 0.817 bits per heavy atom.